The van der Waals surface area contributed by atoms with E-state index >= 15 is 0 Å². The minimum atomic E-state index is -0.0355. The highest BCUT2D eigenvalue weighted by Gasteiger charge is 2.13. The van der Waals surface area contributed by atoms with Gasteiger partial charge in [-0.25, -0.2) is 4.98 Å². The zero-order valence-electron chi connectivity index (χ0n) is 16.0. The number of anilines is 1. The van der Waals surface area contributed by atoms with Crippen molar-refractivity contribution in [2.45, 2.75) is 52.4 Å². The van der Waals surface area contributed by atoms with Crippen LogP contribution in [0.25, 0.3) is 22.6 Å². The van der Waals surface area contributed by atoms with Crippen LogP contribution in [0.2, 0.25) is 5.02 Å². The summed E-state index contributed by atoms with van der Waals surface area (Å²) in [7, 11) is 0. The molecule has 0 aliphatic heterocycles. The van der Waals surface area contributed by atoms with Gasteiger partial charge in [0.05, 0.1) is 10.7 Å². The van der Waals surface area contributed by atoms with Gasteiger partial charge in [0.2, 0.25) is 11.8 Å². The molecule has 1 atom stereocenters. The number of carbonyl (C=O) groups is 1. The lowest BCUT2D eigenvalue weighted by atomic mass is 9.98. The normalized spacial score (nSPS) is 12.3. The van der Waals surface area contributed by atoms with E-state index in [1.165, 1.54) is 5.56 Å². The number of nitrogens with zero attached hydrogens (tertiary/aromatic N) is 1. The first-order chi connectivity index (χ1) is 13.0. The van der Waals surface area contributed by atoms with Crippen LogP contribution in [-0.2, 0) is 4.79 Å². The van der Waals surface area contributed by atoms with E-state index in [4.69, 9.17) is 16.0 Å². The van der Waals surface area contributed by atoms with E-state index in [1.807, 2.05) is 18.2 Å². The van der Waals surface area contributed by atoms with E-state index < -0.39 is 0 Å². The van der Waals surface area contributed by atoms with Crippen LogP contribution in [0, 0.1) is 0 Å². The Balaban J connectivity index is 1.89. The van der Waals surface area contributed by atoms with Gasteiger partial charge < -0.3 is 9.73 Å². The van der Waals surface area contributed by atoms with Gasteiger partial charge in [-0.2, -0.15) is 0 Å². The molecule has 0 fully saturated rings. The third kappa shape index (κ3) is 4.51. The maximum absolute atomic E-state index is 12.0. The molecule has 0 aliphatic carbocycles. The van der Waals surface area contributed by atoms with Crippen LogP contribution >= 0.6 is 11.6 Å². The summed E-state index contributed by atoms with van der Waals surface area (Å²) in [6.07, 6.45) is 3.39. The molecule has 1 aromatic heterocycles. The SMILES string of the molecule is CCCCC(=O)Nc1cc(-c2nc3cc(C(C)CC)ccc3o2)ccc1Cl. The van der Waals surface area contributed by atoms with E-state index in [0.717, 1.165) is 35.9 Å². The maximum atomic E-state index is 12.0. The number of amides is 1. The third-order valence-corrected chi connectivity index (χ3v) is 5.17. The van der Waals surface area contributed by atoms with Crippen LogP contribution in [0.5, 0.6) is 0 Å². The van der Waals surface area contributed by atoms with Gasteiger partial charge in [-0.15, -0.1) is 0 Å². The average molecular weight is 385 g/mol. The van der Waals surface area contributed by atoms with E-state index in [9.17, 15) is 4.79 Å². The Hall–Kier alpha value is -2.33. The summed E-state index contributed by atoms with van der Waals surface area (Å²) in [6.45, 7) is 6.43. The van der Waals surface area contributed by atoms with Crippen molar-refractivity contribution in [1.82, 2.24) is 4.98 Å². The minimum Gasteiger partial charge on any atom is -0.436 e. The topological polar surface area (TPSA) is 55.1 Å². The van der Waals surface area contributed by atoms with Crippen molar-refractivity contribution in [3.8, 4) is 11.5 Å². The highest BCUT2D eigenvalue weighted by molar-refractivity contribution is 6.33. The summed E-state index contributed by atoms with van der Waals surface area (Å²) in [4.78, 5) is 16.7. The summed E-state index contributed by atoms with van der Waals surface area (Å²) in [6, 6.07) is 11.6. The van der Waals surface area contributed by atoms with E-state index in [0.29, 0.717) is 28.9 Å². The number of halogens is 1. The van der Waals surface area contributed by atoms with E-state index in [1.54, 1.807) is 6.07 Å². The monoisotopic (exact) mass is 384 g/mol. The van der Waals surface area contributed by atoms with Crippen molar-refractivity contribution in [2.24, 2.45) is 0 Å². The first kappa shape index (κ1) is 19.4. The Morgan fingerprint density at radius 1 is 1.22 bits per heavy atom. The molecule has 1 N–H and O–H groups in total. The molecule has 0 saturated heterocycles. The molecule has 1 heterocycles. The molecule has 0 bridgehead atoms. The summed E-state index contributed by atoms with van der Waals surface area (Å²) >= 11 is 6.25. The summed E-state index contributed by atoms with van der Waals surface area (Å²) in [5.41, 5.74) is 4.21. The summed E-state index contributed by atoms with van der Waals surface area (Å²) < 4.78 is 5.92. The zero-order chi connectivity index (χ0) is 19.4. The number of hydrogen-bond acceptors (Lipinski definition) is 3. The lowest BCUT2D eigenvalue weighted by Gasteiger charge is -2.08. The molecule has 4 nitrogen and oxygen atoms in total. The van der Waals surface area contributed by atoms with E-state index in [-0.39, 0.29) is 5.91 Å². The number of fused-ring (bicyclic) bond motifs is 1. The third-order valence-electron chi connectivity index (χ3n) is 4.84. The maximum Gasteiger partial charge on any atom is 0.227 e. The fraction of sp³-hybridized carbons (Fsp3) is 0.364. The standard InChI is InChI=1S/C22H25ClN2O2/c1-4-6-7-21(26)24-18-13-16(8-10-17(18)23)22-25-19-12-15(14(3)5-2)9-11-20(19)27-22/h8-14H,4-7H2,1-3H3,(H,24,26). The number of hydrogen-bond donors (Lipinski definition) is 1. The molecule has 3 aromatic rings. The van der Waals surface area contributed by atoms with E-state index in [2.05, 4.69) is 43.2 Å². The minimum absolute atomic E-state index is 0.0355. The quantitative estimate of drug-likeness (QED) is 0.487. The lowest BCUT2D eigenvalue weighted by molar-refractivity contribution is -0.116. The van der Waals surface area contributed by atoms with Crippen LogP contribution < -0.4 is 5.32 Å². The molecular formula is C22H25ClN2O2. The molecule has 142 valence electrons. The predicted octanol–water partition coefficient (Wildman–Crippen LogP) is 6.79. The van der Waals surface area contributed by atoms with Crippen molar-refractivity contribution < 1.29 is 9.21 Å². The first-order valence-electron chi connectivity index (χ1n) is 9.52. The van der Waals surface area contributed by atoms with Crippen LogP contribution in [0.3, 0.4) is 0 Å². The zero-order valence-corrected chi connectivity index (χ0v) is 16.8. The first-order valence-corrected chi connectivity index (χ1v) is 9.89. The van der Waals surface area contributed by atoms with Gasteiger partial charge in [-0.05, 0) is 54.7 Å². The molecule has 0 radical (unpaired) electrons. The van der Waals surface area contributed by atoms with Gasteiger partial charge in [-0.1, -0.05) is 44.9 Å². The smallest absolute Gasteiger partial charge is 0.227 e. The fourth-order valence-electron chi connectivity index (χ4n) is 2.91. The van der Waals surface area contributed by atoms with Gasteiger partial charge in [0, 0.05) is 12.0 Å². The van der Waals surface area contributed by atoms with Crippen molar-refractivity contribution in [1.29, 1.82) is 0 Å². The highest BCUT2D eigenvalue weighted by atomic mass is 35.5. The molecule has 27 heavy (non-hydrogen) atoms. The van der Waals surface area contributed by atoms with Gasteiger partial charge in [0.1, 0.15) is 5.52 Å². The van der Waals surface area contributed by atoms with Crippen molar-refractivity contribution >= 4 is 34.3 Å². The van der Waals surface area contributed by atoms with Crippen molar-refractivity contribution in [3.63, 3.8) is 0 Å². The van der Waals surface area contributed by atoms with Crippen LogP contribution in [0.1, 0.15) is 57.9 Å². The number of nitrogens with one attached hydrogen (secondary N) is 1. The molecule has 1 unspecified atom stereocenters. The summed E-state index contributed by atoms with van der Waals surface area (Å²) in [5.74, 6) is 0.966. The van der Waals surface area contributed by atoms with Crippen LogP contribution in [0.15, 0.2) is 40.8 Å². The van der Waals surface area contributed by atoms with Crippen molar-refractivity contribution in [2.75, 3.05) is 5.32 Å². The number of rotatable bonds is 7. The Kier molecular flexibility index (Phi) is 6.17. The number of benzene rings is 2. The molecule has 0 saturated carbocycles. The second-order valence-electron chi connectivity index (χ2n) is 6.90. The van der Waals surface area contributed by atoms with Gasteiger partial charge in [0.15, 0.2) is 5.58 Å². The Morgan fingerprint density at radius 3 is 2.78 bits per heavy atom. The van der Waals surface area contributed by atoms with Crippen LogP contribution in [-0.4, -0.2) is 10.9 Å². The second-order valence-corrected chi connectivity index (χ2v) is 7.31. The number of unbranched alkanes of at least 4 members (excludes halogenated alkanes) is 1. The summed E-state index contributed by atoms with van der Waals surface area (Å²) in [5, 5.41) is 3.38. The fourth-order valence-corrected chi connectivity index (χ4v) is 3.08. The molecular weight excluding hydrogens is 360 g/mol. The second kappa shape index (κ2) is 8.57. The van der Waals surface area contributed by atoms with Crippen molar-refractivity contribution in [3.05, 3.63) is 47.0 Å². The van der Waals surface area contributed by atoms with Crippen LogP contribution in [0.4, 0.5) is 5.69 Å². The number of oxazole rings is 1. The molecule has 1 amide bonds. The largest absolute Gasteiger partial charge is 0.436 e. The molecule has 2 aromatic carbocycles. The Labute approximate surface area is 164 Å². The number of carbonyl (C=O) groups excluding carboxylic acids is 1. The highest BCUT2D eigenvalue weighted by Crippen LogP contribution is 2.31. The van der Waals surface area contributed by atoms with Gasteiger partial charge >= 0.3 is 0 Å². The Morgan fingerprint density at radius 2 is 2.04 bits per heavy atom. The predicted molar refractivity (Wildman–Crippen MR) is 111 cm³/mol. The Bertz CT molecular complexity index is 949. The molecule has 5 heteroatoms. The molecule has 0 aliphatic rings. The lowest BCUT2D eigenvalue weighted by Crippen LogP contribution is -2.11. The number of aromatic nitrogens is 1. The average Bonchev–Trinajstić information content (AvgIpc) is 3.10. The van der Waals surface area contributed by atoms with Gasteiger partial charge in [0.25, 0.3) is 0 Å². The molecule has 0 spiro atoms. The molecule has 3 rings (SSSR count). The van der Waals surface area contributed by atoms with Gasteiger partial charge in [-0.3, -0.25) is 4.79 Å².